The molecule has 5 rings (SSSR count). The molecular weight excluding hydrogens is 484 g/mol. The molecule has 8 nitrogen and oxygen atoms in total. The van der Waals surface area contributed by atoms with Crippen molar-refractivity contribution in [1.82, 2.24) is 9.80 Å². The van der Waals surface area contributed by atoms with Crippen LogP contribution in [0, 0.1) is 29.6 Å². The number of amides is 4. The number of imide groups is 2. The molecule has 2 saturated heterocycles. The predicted octanol–water partition coefficient (Wildman–Crippen LogP) is 3.29. The summed E-state index contributed by atoms with van der Waals surface area (Å²) >= 11 is 0. The van der Waals surface area contributed by atoms with Crippen molar-refractivity contribution in [2.24, 2.45) is 29.6 Å². The van der Waals surface area contributed by atoms with Gasteiger partial charge in [0.1, 0.15) is 12.4 Å². The molecule has 1 aromatic rings. The molecule has 0 radical (unpaired) electrons. The molecule has 0 bridgehead atoms. The first-order chi connectivity index (χ1) is 17.8. The van der Waals surface area contributed by atoms with E-state index in [2.05, 4.69) is 0 Å². The van der Waals surface area contributed by atoms with Gasteiger partial charge in [0, 0.05) is 22.6 Å². The van der Waals surface area contributed by atoms with Crippen LogP contribution in [0.3, 0.4) is 0 Å². The molecule has 3 fully saturated rings. The highest BCUT2D eigenvalue weighted by molar-refractivity contribution is 6.08. The van der Waals surface area contributed by atoms with E-state index in [0.717, 1.165) is 11.1 Å². The average Bonchev–Trinajstić information content (AvgIpc) is 3.25. The number of hydrogen-bond acceptors (Lipinski definition) is 6. The van der Waals surface area contributed by atoms with E-state index >= 15 is 0 Å². The van der Waals surface area contributed by atoms with Crippen molar-refractivity contribution in [3.63, 3.8) is 0 Å². The Morgan fingerprint density at radius 3 is 2.00 bits per heavy atom. The number of hydrogen-bond donors (Lipinski definition) is 1. The van der Waals surface area contributed by atoms with Gasteiger partial charge in [-0.3, -0.25) is 29.0 Å². The topological polar surface area (TPSA) is 104 Å². The van der Waals surface area contributed by atoms with Crippen molar-refractivity contribution in [1.29, 1.82) is 0 Å². The Morgan fingerprint density at radius 1 is 0.816 bits per heavy atom. The van der Waals surface area contributed by atoms with Crippen molar-refractivity contribution in [3.05, 3.63) is 41.5 Å². The van der Waals surface area contributed by atoms with Crippen LogP contribution in [-0.2, 0) is 19.2 Å². The van der Waals surface area contributed by atoms with Gasteiger partial charge in [-0.25, -0.2) is 0 Å². The molecule has 8 heteroatoms. The number of nitrogens with zero attached hydrogens (tertiary/aromatic N) is 2. The molecule has 2 aliphatic carbocycles. The molecule has 4 aliphatic rings. The van der Waals surface area contributed by atoms with Gasteiger partial charge in [0.25, 0.3) is 0 Å². The third-order valence-electron chi connectivity index (χ3n) is 8.59. The third-order valence-corrected chi connectivity index (χ3v) is 8.59. The molecule has 1 aromatic carbocycles. The number of carbonyl (C=O) groups is 4. The van der Waals surface area contributed by atoms with Crippen molar-refractivity contribution in [3.8, 4) is 5.75 Å². The number of carbonyl (C=O) groups excluding carboxylic acids is 4. The monoisotopic (exact) mass is 522 g/mol. The van der Waals surface area contributed by atoms with Crippen LogP contribution in [0.2, 0.25) is 0 Å². The highest BCUT2D eigenvalue weighted by Gasteiger charge is 2.63. The Morgan fingerprint density at radius 2 is 1.39 bits per heavy atom. The van der Waals surface area contributed by atoms with Crippen LogP contribution in [0.25, 0.3) is 0 Å². The summed E-state index contributed by atoms with van der Waals surface area (Å²) in [4.78, 5) is 57.9. The van der Waals surface area contributed by atoms with E-state index in [-0.39, 0.29) is 42.8 Å². The molecule has 204 valence electrons. The summed E-state index contributed by atoms with van der Waals surface area (Å²) in [5, 5.41) is 9.40. The number of aliphatic hydroxyl groups is 1. The summed E-state index contributed by atoms with van der Waals surface area (Å²) in [5.41, 5.74) is 0.385. The van der Waals surface area contributed by atoms with Gasteiger partial charge < -0.3 is 9.84 Å². The van der Waals surface area contributed by atoms with Gasteiger partial charge in [-0.05, 0) is 66.4 Å². The van der Waals surface area contributed by atoms with Crippen LogP contribution >= 0.6 is 0 Å². The van der Waals surface area contributed by atoms with Crippen LogP contribution in [0.15, 0.2) is 35.9 Å². The van der Waals surface area contributed by atoms with Crippen LogP contribution in [-0.4, -0.2) is 62.8 Å². The number of fused-ring (bicyclic) bond motifs is 4. The predicted molar refractivity (Wildman–Crippen MR) is 140 cm³/mol. The molecule has 0 aromatic heterocycles. The second-order valence-corrected chi connectivity index (χ2v) is 13.0. The fourth-order valence-electron chi connectivity index (χ4n) is 7.28. The molecule has 6 atom stereocenters. The zero-order chi connectivity index (χ0) is 27.7. The van der Waals surface area contributed by atoms with Crippen molar-refractivity contribution in [2.75, 3.05) is 13.2 Å². The van der Waals surface area contributed by atoms with E-state index in [1.54, 1.807) is 0 Å². The lowest BCUT2D eigenvalue weighted by molar-refractivity contribution is -0.147. The van der Waals surface area contributed by atoms with Crippen LogP contribution in [0.5, 0.6) is 5.75 Å². The van der Waals surface area contributed by atoms with Gasteiger partial charge in [-0.2, -0.15) is 0 Å². The first-order valence-corrected chi connectivity index (χ1v) is 13.6. The number of allylic oxidation sites excluding steroid dienone is 2. The number of rotatable bonds is 4. The summed E-state index contributed by atoms with van der Waals surface area (Å²) in [7, 11) is 0. The number of aliphatic hydroxyl groups excluding tert-OH is 1. The lowest BCUT2D eigenvalue weighted by atomic mass is 9.57. The Labute approximate surface area is 224 Å². The van der Waals surface area contributed by atoms with E-state index in [1.165, 1.54) is 9.80 Å². The summed E-state index contributed by atoms with van der Waals surface area (Å²) in [5.74, 6) is -3.23. The standard InChI is InChI=1S/C30H38N2O6/c1-29(2,3)31-25(34)18-12-11-16-19(23(18)27(31)36)15-20-24(28(37)32(26(20)35)30(4,5)6)22(16)17-9-7-8-10-21(17)38-14-13-33/h7-11,18-20,22-24,33H,12-15H2,1-6H3. The van der Waals surface area contributed by atoms with E-state index in [4.69, 9.17) is 4.74 Å². The van der Waals surface area contributed by atoms with Crippen LogP contribution in [0.4, 0.5) is 0 Å². The maximum Gasteiger partial charge on any atom is 0.234 e. The highest BCUT2D eigenvalue weighted by atomic mass is 16.5. The van der Waals surface area contributed by atoms with Gasteiger partial charge in [0.2, 0.25) is 23.6 Å². The lowest BCUT2D eigenvalue weighted by Crippen LogP contribution is -2.47. The highest BCUT2D eigenvalue weighted by Crippen LogP contribution is 2.59. The third kappa shape index (κ3) is 3.91. The van der Waals surface area contributed by atoms with Gasteiger partial charge in [-0.1, -0.05) is 29.8 Å². The second-order valence-electron chi connectivity index (χ2n) is 13.0. The van der Waals surface area contributed by atoms with Gasteiger partial charge in [0.15, 0.2) is 0 Å². The van der Waals surface area contributed by atoms with Crippen LogP contribution < -0.4 is 4.74 Å². The number of benzene rings is 1. The first-order valence-electron chi connectivity index (χ1n) is 13.6. The maximum absolute atomic E-state index is 14.0. The van der Waals surface area contributed by atoms with E-state index in [0.29, 0.717) is 18.6 Å². The van der Waals surface area contributed by atoms with Gasteiger partial charge in [-0.15, -0.1) is 0 Å². The minimum atomic E-state index is -0.687. The fourth-order valence-corrected chi connectivity index (χ4v) is 7.28. The summed E-state index contributed by atoms with van der Waals surface area (Å²) in [6.45, 7) is 11.1. The molecule has 4 amide bonds. The van der Waals surface area contributed by atoms with Gasteiger partial charge >= 0.3 is 0 Å². The van der Waals surface area contributed by atoms with E-state index in [9.17, 15) is 24.3 Å². The Bertz CT molecular complexity index is 1220. The van der Waals surface area contributed by atoms with Gasteiger partial charge in [0.05, 0.1) is 30.3 Å². The molecular formula is C30H38N2O6. The van der Waals surface area contributed by atoms with Crippen LogP contribution in [0.1, 0.15) is 65.9 Å². The molecule has 6 unspecified atom stereocenters. The fraction of sp³-hybridized carbons (Fsp3) is 0.600. The molecule has 1 saturated carbocycles. The minimum absolute atomic E-state index is 0.0968. The van der Waals surface area contributed by atoms with Crippen molar-refractivity contribution >= 4 is 23.6 Å². The van der Waals surface area contributed by atoms with Crippen molar-refractivity contribution < 1.29 is 29.0 Å². The SMILES string of the molecule is CC(C)(C)N1C(=O)C2CC=C3C(CC4C(=O)N(C(C)(C)C)C(=O)C4C3c3ccccc3OCCO)C2C1=O. The summed E-state index contributed by atoms with van der Waals surface area (Å²) < 4.78 is 5.89. The lowest BCUT2D eigenvalue weighted by Gasteiger charge is -2.44. The molecule has 1 N–H and O–H groups in total. The number of likely N-dealkylation sites (tertiary alicyclic amines) is 2. The molecule has 38 heavy (non-hydrogen) atoms. The summed E-state index contributed by atoms with van der Waals surface area (Å²) in [6, 6.07) is 7.43. The maximum atomic E-state index is 14.0. The Kier molecular flexibility index (Phi) is 6.33. The number of para-hydroxylation sites is 1. The minimum Gasteiger partial charge on any atom is -0.491 e. The Balaban J connectivity index is 1.66. The molecule has 2 heterocycles. The van der Waals surface area contributed by atoms with E-state index in [1.807, 2.05) is 71.9 Å². The average molecular weight is 523 g/mol. The molecule has 0 spiro atoms. The second kappa shape index (κ2) is 9.04. The molecule has 2 aliphatic heterocycles. The Hall–Kier alpha value is -3.00. The largest absolute Gasteiger partial charge is 0.491 e. The summed E-state index contributed by atoms with van der Waals surface area (Å²) in [6.07, 6.45) is 2.83. The first kappa shape index (κ1) is 26.6. The number of ether oxygens (including phenoxy) is 1. The van der Waals surface area contributed by atoms with Crippen molar-refractivity contribution in [2.45, 2.75) is 71.4 Å². The zero-order valence-electron chi connectivity index (χ0n) is 23.1. The quantitative estimate of drug-likeness (QED) is 0.481. The normalized spacial score (nSPS) is 31.3. The van der Waals surface area contributed by atoms with E-state index < -0.39 is 40.7 Å². The smallest absolute Gasteiger partial charge is 0.234 e. The zero-order valence-corrected chi connectivity index (χ0v) is 23.1.